The minimum absolute atomic E-state index is 0.0354. The maximum atomic E-state index is 9.58. The van der Waals surface area contributed by atoms with E-state index in [0.717, 1.165) is 6.54 Å². The van der Waals surface area contributed by atoms with Crippen molar-refractivity contribution in [2.24, 2.45) is 11.5 Å². The van der Waals surface area contributed by atoms with E-state index in [1.807, 2.05) is 6.92 Å². The van der Waals surface area contributed by atoms with Gasteiger partial charge in [-0.3, -0.25) is 0 Å². The van der Waals surface area contributed by atoms with Crippen LogP contribution in [0, 0.1) is 0 Å². The Balaban J connectivity index is 0. The highest BCUT2D eigenvalue weighted by Gasteiger charge is 1.90. The van der Waals surface area contributed by atoms with Crippen molar-refractivity contribution in [2.45, 2.75) is 6.92 Å². The largest absolute Gasteiger partial charge is 0.480 e. The van der Waals surface area contributed by atoms with E-state index in [2.05, 4.69) is 4.74 Å². The number of carbonyl (C=O) groups is 1. The van der Waals surface area contributed by atoms with Gasteiger partial charge in [0.05, 0.1) is 6.73 Å². The molecule has 0 amide bonds. The summed E-state index contributed by atoms with van der Waals surface area (Å²) in [6.07, 6.45) is 0. The lowest BCUT2D eigenvalue weighted by atomic mass is 10.7. The van der Waals surface area contributed by atoms with Crippen LogP contribution in [0.4, 0.5) is 0 Å². The van der Waals surface area contributed by atoms with Crippen LogP contribution in [0.3, 0.4) is 0 Å². The second-order valence-electron chi connectivity index (χ2n) is 1.32. The van der Waals surface area contributed by atoms with E-state index in [1.165, 1.54) is 0 Å². The lowest BCUT2D eigenvalue weighted by Crippen LogP contribution is -2.12. The highest BCUT2D eigenvalue weighted by atomic mass is 16.5. The predicted molar refractivity (Wildman–Crippen MR) is 37.4 cm³/mol. The van der Waals surface area contributed by atoms with Gasteiger partial charge in [0.25, 0.3) is 0 Å². The van der Waals surface area contributed by atoms with Gasteiger partial charge in [0.15, 0.2) is 0 Å². The summed E-state index contributed by atoms with van der Waals surface area (Å²) in [7, 11) is 0. The molecule has 0 heterocycles. The van der Waals surface area contributed by atoms with E-state index in [1.54, 1.807) is 0 Å². The zero-order valence-electron chi connectivity index (χ0n) is 6.04. The molecule has 0 aromatic heterocycles. The van der Waals surface area contributed by atoms with E-state index in [0.29, 0.717) is 0 Å². The van der Waals surface area contributed by atoms with E-state index in [-0.39, 0.29) is 13.3 Å². The number of carboxylic acid groups (broad SMARTS) is 1. The molecule has 0 unspecified atom stereocenters. The van der Waals surface area contributed by atoms with Crippen LogP contribution >= 0.6 is 0 Å². The van der Waals surface area contributed by atoms with Crippen LogP contribution in [0.1, 0.15) is 6.92 Å². The van der Waals surface area contributed by atoms with Crippen molar-refractivity contribution in [2.75, 3.05) is 19.9 Å². The molecule has 0 radical (unpaired) electrons. The molecule has 0 bridgehead atoms. The van der Waals surface area contributed by atoms with Crippen LogP contribution in [-0.4, -0.2) is 31.0 Å². The van der Waals surface area contributed by atoms with Crippen molar-refractivity contribution in [3.8, 4) is 0 Å². The Kier molecular flexibility index (Phi) is 13.5. The van der Waals surface area contributed by atoms with Crippen LogP contribution in [0.5, 0.6) is 0 Å². The molecule has 0 rings (SSSR count). The van der Waals surface area contributed by atoms with Crippen LogP contribution in [0.25, 0.3) is 0 Å². The van der Waals surface area contributed by atoms with Crippen LogP contribution in [-0.2, 0) is 9.53 Å². The SMILES string of the molecule is CCN.NCOCC(=O)O. The van der Waals surface area contributed by atoms with Crippen LogP contribution < -0.4 is 11.5 Å². The van der Waals surface area contributed by atoms with Crippen molar-refractivity contribution in [1.29, 1.82) is 0 Å². The summed E-state index contributed by atoms with van der Waals surface area (Å²) in [5, 5.41) is 7.86. The summed E-state index contributed by atoms with van der Waals surface area (Å²) in [5.41, 5.74) is 9.64. The van der Waals surface area contributed by atoms with Gasteiger partial charge in [-0.15, -0.1) is 0 Å². The van der Waals surface area contributed by atoms with E-state index >= 15 is 0 Å². The number of nitrogens with two attached hydrogens (primary N) is 2. The number of hydrogen-bond acceptors (Lipinski definition) is 4. The highest BCUT2D eigenvalue weighted by Crippen LogP contribution is 1.65. The van der Waals surface area contributed by atoms with Gasteiger partial charge >= 0.3 is 5.97 Å². The fourth-order valence-electron chi connectivity index (χ4n) is 0.146. The summed E-state index contributed by atoms with van der Waals surface area (Å²) in [5.74, 6) is -0.995. The predicted octanol–water partition coefficient (Wildman–Crippen LogP) is -1.03. The molecular formula is C5H14N2O3. The van der Waals surface area contributed by atoms with Crippen LogP contribution in [0.2, 0.25) is 0 Å². The van der Waals surface area contributed by atoms with Gasteiger partial charge in [0, 0.05) is 0 Å². The molecule has 5 heteroatoms. The van der Waals surface area contributed by atoms with E-state index in [4.69, 9.17) is 16.6 Å². The van der Waals surface area contributed by atoms with Crippen molar-refractivity contribution in [1.82, 2.24) is 0 Å². The fraction of sp³-hybridized carbons (Fsp3) is 0.800. The lowest BCUT2D eigenvalue weighted by Gasteiger charge is -1.90. The Morgan fingerprint density at radius 2 is 2.00 bits per heavy atom. The molecule has 5 nitrogen and oxygen atoms in total. The van der Waals surface area contributed by atoms with E-state index < -0.39 is 5.97 Å². The molecule has 0 saturated heterocycles. The smallest absolute Gasteiger partial charge is 0.329 e. The first-order valence-corrected chi connectivity index (χ1v) is 2.88. The molecule has 5 N–H and O–H groups in total. The van der Waals surface area contributed by atoms with Gasteiger partial charge in [-0.2, -0.15) is 0 Å². The standard InChI is InChI=1S/C3H7NO3.C2H7N/c4-2-7-1-3(5)6;1-2-3/h1-2,4H2,(H,5,6);2-3H2,1H3. The average Bonchev–Trinajstić information content (AvgIpc) is 1.85. The molecule has 0 aliphatic rings. The Morgan fingerprint density at radius 3 is 2.10 bits per heavy atom. The Hall–Kier alpha value is -0.650. The maximum absolute atomic E-state index is 9.58. The van der Waals surface area contributed by atoms with Gasteiger partial charge < -0.3 is 21.3 Å². The second kappa shape index (κ2) is 11.2. The zero-order valence-corrected chi connectivity index (χ0v) is 6.04. The molecule has 0 aliphatic carbocycles. The Bertz CT molecular complexity index is 77.3. The first-order chi connectivity index (χ1) is 4.68. The van der Waals surface area contributed by atoms with E-state index in [9.17, 15) is 4.79 Å². The fourth-order valence-corrected chi connectivity index (χ4v) is 0.146. The van der Waals surface area contributed by atoms with Crippen molar-refractivity contribution < 1.29 is 14.6 Å². The number of hydrogen-bond donors (Lipinski definition) is 3. The average molecular weight is 150 g/mol. The number of rotatable bonds is 3. The number of ether oxygens (including phenoxy) is 1. The summed E-state index contributed by atoms with van der Waals surface area (Å²) >= 11 is 0. The minimum Gasteiger partial charge on any atom is -0.480 e. The summed E-state index contributed by atoms with van der Waals surface area (Å²) in [4.78, 5) is 9.58. The maximum Gasteiger partial charge on any atom is 0.329 e. The second-order valence-corrected chi connectivity index (χ2v) is 1.32. The zero-order chi connectivity index (χ0) is 8.41. The quantitative estimate of drug-likeness (QED) is 0.447. The molecule has 0 aliphatic heterocycles. The minimum atomic E-state index is -0.995. The number of carboxylic acids is 1. The van der Waals surface area contributed by atoms with Gasteiger partial charge in [-0.05, 0) is 6.54 Å². The number of aliphatic carboxylic acids is 1. The first-order valence-electron chi connectivity index (χ1n) is 2.88. The molecule has 0 saturated carbocycles. The molecule has 10 heavy (non-hydrogen) atoms. The monoisotopic (exact) mass is 150 g/mol. The van der Waals surface area contributed by atoms with Gasteiger partial charge in [0.1, 0.15) is 6.61 Å². The highest BCUT2D eigenvalue weighted by molar-refractivity contribution is 5.67. The summed E-state index contributed by atoms with van der Waals surface area (Å²) in [6, 6.07) is 0. The van der Waals surface area contributed by atoms with Crippen molar-refractivity contribution in [3.05, 3.63) is 0 Å². The Labute approximate surface area is 60.0 Å². The summed E-state index contributed by atoms with van der Waals surface area (Å²) in [6.45, 7) is 2.31. The molecule has 0 spiro atoms. The third-order valence-corrected chi connectivity index (χ3v) is 0.343. The third kappa shape index (κ3) is 26.4. The molecule has 0 aromatic carbocycles. The lowest BCUT2D eigenvalue weighted by molar-refractivity contribution is -0.142. The van der Waals surface area contributed by atoms with Crippen molar-refractivity contribution >= 4 is 5.97 Å². The molecule has 0 fully saturated rings. The molecule has 0 atom stereocenters. The molecule has 62 valence electrons. The molecular weight excluding hydrogens is 136 g/mol. The van der Waals surface area contributed by atoms with Crippen molar-refractivity contribution in [3.63, 3.8) is 0 Å². The third-order valence-electron chi connectivity index (χ3n) is 0.343. The summed E-state index contributed by atoms with van der Waals surface area (Å²) < 4.78 is 4.27. The van der Waals surface area contributed by atoms with Gasteiger partial charge in [0.2, 0.25) is 0 Å². The normalized spacial score (nSPS) is 7.90. The van der Waals surface area contributed by atoms with Gasteiger partial charge in [-0.25, -0.2) is 4.79 Å². The Morgan fingerprint density at radius 1 is 1.60 bits per heavy atom. The van der Waals surface area contributed by atoms with Gasteiger partial charge in [-0.1, -0.05) is 6.92 Å². The topological polar surface area (TPSA) is 98.6 Å². The first kappa shape index (κ1) is 12.1. The van der Waals surface area contributed by atoms with Crippen LogP contribution in [0.15, 0.2) is 0 Å². The molecule has 0 aromatic rings.